The Morgan fingerprint density at radius 3 is 2.63 bits per heavy atom. The Morgan fingerprint density at radius 1 is 1.13 bits per heavy atom. The molecule has 2 aliphatic rings. The molecule has 5 rings (SSSR count). The first-order valence-electron chi connectivity index (χ1n) is 12.6. The van der Waals surface area contributed by atoms with Gasteiger partial charge in [-0.2, -0.15) is 0 Å². The molecule has 9 nitrogen and oxygen atoms in total. The van der Waals surface area contributed by atoms with Crippen molar-refractivity contribution in [2.24, 2.45) is 5.92 Å². The fourth-order valence-electron chi connectivity index (χ4n) is 4.68. The van der Waals surface area contributed by atoms with Crippen LogP contribution >= 0.6 is 22.7 Å². The van der Waals surface area contributed by atoms with Crippen molar-refractivity contribution in [2.75, 3.05) is 31.1 Å². The minimum Gasteiger partial charge on any atom is -0.475 e. The Kier molecular flexibility index (Phi) is 7.85. The average molecular weight is 553 g/mol. The van der Waals surface area contributed by atoms with Gasteiger partial charge in [0, 0.05) is 44.4 Å². The second-order valence-electron chi connectivity index (χ2n) is 9.27. The Balaban J connectivity index is 1.22. The number of likely N-dealkylation sites (tertiary alicyclic amines) is 1. The van der Waals surface area contributed by atoms with Crippen molar-refractivity contribution < 1.29 is 23.9 Å². The zero-order chi connectivity index (χ0) is 26.6. The summed E-state index contributed by atoms with van der Waals surface area (Å²) in [4.78, 5) is 58.9. The lowest BCUT2D eigenvalue weighted by Crippen LogP contribution is -2.42. The van der Waals surface area contributed by atoms with Crippen molar-refractivity contribution in [1.82, 2.24) is 15.2 Å². The molecule has 2 aromatic heterocycles. The number of carbonyl (C=O) groups is 4. The van der Waals surface area contributed by atoms with Crippen molar-refractivity contribution >= 4 is 51.3 Å². The summed E-state index contributed by atoms with van der Waals surface area (Å²) in [6, 6.07) is 10.7. The molecular weight excluding hydrogens is 524 g/mol. The molecule has 11 heteroatoms. The van der Waals surface area contributed by atoms with Gasteiger partial charge in [-0.3, -0.25) is 24.1 Å². The molecule has 1 atom stereocenters. The third-order valence-corrected chi connectivity index (χ3v) is 8.53. The topological polar surface area (TPSA) is 109 Å². The van der Waals surface area contributed by atoms with Crippen molar-refractivity contribution in [3.63, 3.8) is 0 Å². The van der Waals surface area contributed by atoms with E-state index in [-0.39, 0.29) is 29.4 Å². The lowest BCUT2D eigenvalue weighted by Gasteiger charge is -2.30. The van der Waals surface area contributed by atoms with Gasteiger partial charge < -0.3 is 15.0 Å². The largest absolute Gasteiger partial charge is 0.475 e. The summed E-state index contributed by atoms with van der Waals surface area (Å²) in [5.41, 5.74) is 1.00. The zero-order valence-corrected chi connectivity index (χ0v) is 22.6. The number of thiophene rings is 1. The maximum atomic E-state index is 13.3. The van der Waals surface area contributed by atoms with Gasteiger partial charge in [-0.1, -0.05) is 18.2 Å². The molecule has 1 N–H and O–H groups in total. The van der Waals surface area contributed by atoms with Crippen LogP contribution in [0, 0.1) is 5.92 Å². The molecule has 38 heavy (non-hydrogen) atoms. The first-order chi connectivity index (χ1) is 18.4. The number of para-hydroxylation sites is 1. The van der Waals surface area contributed by atoms with E-state index in [1.165, 1.54) is 22.7 Å². The number of Topliss-reactive ketones (excluding diaryl/α,β-unsaturated/α-hetero) is 1. The van der Waals surface area contributed by atoms with Crippen molar-refractivity contribution in [2.45, 2.75) is 32.3 Å². The standard InChI is InChI=1S/C27H28N4O5S2/c1-17(32)30-13-9-18(10-14-30)25(34)28-11-5-12-31(26(35)22-8-4-15-37-22)27-29-20(16-38-27)24-23(33)19-6-2-3-7-21(19)36-24/h2-4,6-8,15-16,18,24H,5,9-14H2,1H3,(H,28,34). The van der Waals surface area contributed by atoms with Gasteiger partial charge in [0.25, 0.3) is 5.91 Å². The molecule has 0 radical (unpaired) electrons. The number of hydrogen-bond donors (Lipinski definition) is 1. The minimum absolute atomic E-state index is 0.0164. The number of piperidine rings is 1. The maximum Gasteiger partial charge on any atom is 0.270 e. The van der Waals surface area contributed by atoms with Crippen molar-refractivity contribution in [3.8, 4) is 5.75 Å². The van der Waals surface area contributed by atoms with Gasteiger partial charge in [0.05, 0.1) is 10.4 Å². The van der Waals surface area contributed by atoms with E-state index in [1.807, 2.05) is 17.5 Å². The molecule has 1 aromatic carbocycles. The Hall–Kier alpha value is -3.57. The summed E-state index contributed by atoms with van der Waals surface area (Å²) in [6.45, 7) is 3.51. The molecule has 3 aromatic rings. The summed E-state index contributed by atoms with van der Waals surface area (Å²) in [6.07, 6.45) is 1.02. The van der Waals surface area contributed by atoms with Crippen LogP contribution in [-0.2, 0) is 9.59 Å². The normalized spacial score (nSPS) is 17.1. The Labute approximate surface area is 228 Å². The van der Waals surface area contributed by atoms with E-state index in [9.17, 15) is 19.2 Å². The summed E-state index contributed by atoms with van der Waals surface area (Å²) >= 11 is 2.64. The summed E-state index contributed by atoms with van der Waals surface area (Å²) in [5.74, 6) is 0.127. The Bertz CT molecular complexity index is 1330. The zero-order valence-electron chi connectivity index (χ0n) is 20.9. The highest BCUT2D eigenvalue weighted by molar-refractivity contribution is 7.14. The number of fused-ring (bicyclic) bond motifs is 1. The lowest BCUT2D eigenvalue weighted by atomic mass is 9.96. The molecule has 1 unspecified atom stereocenters. The molecule has 0 bridgehead atoms. The number of benzene rings is 1. The second kappa shape index (κ2) is 11.4. The molecule has 0 spiro atoms. The number of carbonyl (C=O) groups excluding carboxylic acids is 4. The lowest BCUT2D eigenvalue weighted by molar-refractivity contribution is -0.133. The fourth-order valence-corrected chi connectivity index (χ4v) is 6.21. The van der Waals surface area contributed by atoms with E-state index in [4.69, 9.17) is 4.74 Å². The predicted octanol–water partition coefficient (Wildman–Crippen LogP) is 3.93. The summed E-state index contributed by atoms with van der Waals surface area (Å²) < 4.78 is 5.86. The number of aromatic nitrogens is 1. The first-order valence-corrected chi connectivity index (χ1v) is 14.3. The molecule has 1 fully saturated rings. The Morgan fingerprint density at radius 2 is 1.92 bits per heavy atom. The van der Waals surface area contributed by atoms with Gasteiger partial charge in [-0.25, -0.2) is 4.98 Å². The van der Waals surface area contributed by atoms with Crippen LogP contribution in [-0.4, -0.2) is 59.6 Å². The molecule has 2 aliphatic heterocycles. The average Bonchev–Trinajstić information content (AvgIpc) is 3.69. The van der Waals surface area contributed by atoms with E-state index in [2.05, 4.69) is 10.3 Å². The second-order valence-corrected chi connectivity index (χ2v) is 11.1. The molecule has 0 saturated carbocycles. The first kappa shape index (κ1) is 26.1. The molecule has 4 heterocycles. The number of hydrogen-bond acceptors (Lipinski definition) is 8. The van der Waals surface area contributed by atoms with Crippen LogP contribution in [0.15, 0.2) is 47.2 Å². The third-order valence-electron chi connectivity index (χ3n) is 6.79. The van der Waals surface area contributed by atoms with Crippen molar-refractivity contribution in [1.29, 1.82) is 0 Å². The smallest absolute Gasteiger partial charge is 0.270 e. The molecule has 1 saturated heterocycles. The number of ether oxygens (including phenoxy) is 1. The third kappa shape index (κ3) is 5.48. The highest BCUT2D eigenvalue weighted by Gasteiger charge is 2.36. The molecule has 3 amide bonds. The summed E-state index contributed by atoms with van der Waals surface area (Å²) in [7, 11) is 0. The van der Waals surface area contributed by atoms with Crippen molar-refractivity contribution in [3.05, 3.63) is 63.3 Å². The van der Waals surface area contributed by atoms with Crippen LogP contribution in [0.5, 0.6) is 5.75 Å². The fraction of sp³-hybridized carbons (Fsp3) is 0.370. The SMILES string of the molecule is CC(=O)N1CCC(C(=O)NCCCN(C(=O)c2cccs2)c2nc(C3Oc4ccccc4C3=O)cs2)CC1. The van der Waals surface area contributed by atoms with E-state index in [0.29, 0.717) is 72.5 Å². The van der Waals surface area contributed by atoms with E-state index < -0.39 is 6.10 Å². The van der Waals surface area contributed by atoms with E-state index in [0.717, 1.165) is 0 Å². The van der Waals surface area contributed by atoms with Gasteiger partial charge in [-0.05, 0) is 42.8 Å². The maximum absolute atomic E-state index is 13.3. The van der Waals surface area contributed by atoms with Crippen LogP contribution in [0.2, 0.25) is 0 Å². The van der Waals surface area contributed by atoms with Gasteiger partial charge in [0.15, 0.2) is 5.13 Å². The summed E-state index contributed by atoms with van der Waals surface area (Å²) in [5, 5.41) is 7.07. The number of amides is 3. The van der Waals surface area contributed by atoms with Gasteiger partial charge in [0.1, 0.15) is 11.4 Å². The van der Waals surface area contributed by atoms with Crippen LogP contribution in [0.4, 0.5) is 5.13 Å². The van der Waals surface area contributed by atoms with Crippen LogP contribution in [0.25, 0.3) is 0 Å². The minimum atomic E-state index is -0.829. The van der Waals surface area contributed by atoms with Gasteiger partial charge >= 0.3 is 0 Å². The number of nitrogens with zero attached hydrogens (tertiary/aromatic N) is 3. The number of anilines is 1. The van der Waals surface area contributed by atoms with Gasteiger partial charge in [-0.15, -0.1) is 22.7 Å². The van der Waals surface area contributed by atoms with Crippen LogP contribution < -0.4 is 15.0 Å². The number of ketones is 1. The predicted molar refractivity (Wildman–Crippen MR) is 145 cm³/mol. The number of thiazole rings is 1. The van der Waals surface area contributed by atoms with Crippen LogP contribution in [0.3, 0.4) is 0 Å². The van der Waals surface area contributed by atoms with Gasteiger partial charge in [0.2, 0.25) is 23.7 Å². The number of nitrogens with one attached hydrogen (secondary N) is 1. The highest BCUT2D eigenvalue weighted by Crippen LogP contribution is 2.38. The molecular formula is C27H28N4O5S2. The molecule has 198 valence electrons. The number of rotatable bonds is 8. The monoisotopic (exact) mass is 552 g/mol. The van der Waals surface area contributed by atoms with E-state index >= 15 is 0 Å². The molecule has 0 aliphatic carbocycles. The highest BCUT2D eigenvalue weighted by atomic mass is 32.1. The van der Waals surface area contributed by atoms with Crippen LogP contribution in [0.1, 0.15) is 58.0 Å². The quantitative estimate of drug-likeness (QED) is 0.424. The van der Waals surface area contributed by atoms with E-state index in [1.54, 1.807) is 46.4 Å².